The number of nitrogens with zero attached hydrogens (tertiary/aromatic N) is 5. The number of carbonyl (C=O) groups is 1. The Morgan fingerprint density at radius 2 is 1.83 bits per heavy atom. The number of hydrogen-bond donors (Lipinski definition) is 0. The largest absolute Gasteiger partial charge is 0.338 e. The smallest absolute Gasteiger partial charge is 0.257 e. The van der Waals surface area contributed by atoms with Gasteiger partial charge in [0, 0.05) is 54.8 Å². The molecule has 0 spiro atoms. The van der Waals surface area contributed by atoms with E-state index in [1.807, 2.05) is 18.7 Å². The Balaban J connectivity index is 1.36. The number of aromatic nitrogens is 2. The van der Waals surface area contributed by atoms with Gasteiger partial charge < -0.3 is 4.90 Å². The Kier molecular flexibility index (Phi) is 8.29. The lowest BCUT2D eigenvalue weighted by molar-refractivity contribution is -0.0248. The fraction of sp³-hybridized carbons (Fsp3) is 0.607. The van der Waals surface area contributed by atoms with Crippen LogP contribution in [0, 0.1) is 13.8 Å². The summed E-state index contributed by atoms with van der Waals surface area (Å²) >= 11 is 3.60. The summed E-state index contributed by atoms with van der Waals surface area (Å²) in [6.07, 6.45) is 14.9. The van der Waals surface area contributed by atoms with Crippen molar-refractivity contribution in [1.29, 1.82) is 0 Å². The predicted molar refractivity (Wildman–Crippen MR) is 146 cm³/mol. The first-order valence-corrected chi connectivity index (χ1v) is 13.8. The average Bonchev–Trinajstić information content (AvgIpc) is 3.31. The van der Waals surface area contributed by atoms with Crippen LogP contribution < -0.4 is 0 Å². The highest BCUT2D eigenvalue weighted by molar-refractivity contribution is 9.11. The summed E-state index contributed by atoms with van der Waals surface area (Å²) in [5.74, 6) is 0.0824. The molecule has 2 fully saturated rings. The fourth-order valence-corrected chi connectivity index (χ4v) is 6.14. The predicted octanol–water partition coefficient (Wildman–Crippen LogP) is 5.04. The Bertz CT molecular complexity index is 1000. The first kappa shape index (κ1) is 26.2. The molecule has 2 saturated heterocycles. The third-order valence-corrected chi connectivity index (χ3v) is 9.05. The first-order chi connectivity index (χ1) is 16.7. The quantitative estimate of drug-likeness (QED) is 0.489. The average molecular weight is 543 g/mol. The molecule has 190 valence electrons. The summed E-state index contributed by atoms with van der Waals surface area (Å²) in [6.45, 7) is 15.5. The van der Waals surface area contributed by atoms with Crippen LogP contribution in [-0.2, 0) is 0 Å². The maximum Gasteiger partial charge on any atom is 0.257 e. The van der Waals surface area contributed by atoms with E-state index in [0.29, 0.717) is 17.6 Å². The van der Waals surface area contributed by atoms with E-state index in [-0.39, 0.29) is 11.4 Å². The zero-order valence-electron chi connectivity index (χ0n) is 21.9. The van der Waals surface area contributed by atoms with Gasteiger partial charge in [0.15, 0.2) is 0 Å². The van der Waals surface area contributed by atoms with Gasteiger partial charge >= 0.3 is 0 Å². The van der Waals surface area contributed by atoms with E-state index < -0.39 is 0 Å². The monoisotopic (exact) mass is 541 g/mol. The molecule has 7 heteroatoms. The third kappa shape index (κ3) is 5.62. The van der Waals surface area contributed by atoms with E-state index in [1.165, 1.54) is 18.3 Å². The SMILES string of the molecule is C/C=C(Br)\C=C/C1=CCCC1N1CCN(C2(C)CCN(C(=O)c3c(C)ncnc3C)CC2)C[C@@H]1C. The van der Waals surface area contributed by atoms with Crippen LogP contribution in [0.25, 0.3) is 0 Å². The Morgan fingerprint density at radius 1 is 1.14 bits per heavy atom. The first-order valence-electron chi connectivity index (χ1n) is 13.0. The Hall–Kier alpha value is -1.83. The molecule has 1 unspecified atom stereocenters. The molecule has 0 bridgehead atoms. The summed E-state index contributed by atoms with van der Waals surface area (Å²) in [5, 5.41) is 0. The summed E-state index contributed by atoms with van der Waals surface area (Å²) < 4.78 is 1.13. The van der Waals surface area contributed by atoms with Gasteiger partial charge in [-0.15, -0.1) is 0 Å². The van der Waals surface area contributed by atoms with Crippen molar-refractivity contribution < 1.29 is 4.79 Å². The van der Waals surface area contributed by atoms with E-state index in [1.54, 1.807) is 0 Å². The van der Waals surface area contributed by atoms with Crippen molar-refractivity contribution in [2.45, 2.75) is 77.9 Å². The molecule has 6 nitrogen and oxygen atoms in total. The standard InChI is InChI=1S/C28H40BrN5O/c1-6-24(29)11-10-23-8-7-9-25(23)34-17-16-33(18-20(34)2)28(5)12-14-32(15-13-28)27(35)26-21(3)30-19-31-22(26)4/h6,8,10-11,19-20,25H,7,9,12-18H2,1-5H3/b11-10-,24-6+/t20-,25?/m0/s1. The van der Waals surface area contributed by atoms with E-state index in [9.17, 15) is 4.79 Å². The van der Waals surface area contributed by atoms with Crippen LogP contribution in [-0.4, -0.2) is 80.9 Å². The minimum atomic E-state index is 0.0824. The van der Waals surface area contributed by atoms with Crippen LogP contribution in [0.5, 0.6) is 0 Å². The van der Waals surface area contributed by atoms with Crippen molar-refractivity contribution in [3.05, 3.63) is 57.6 Å². The van der Waals surface area contributed by atoms with Crippen molar-refractivity contribution in [1.82, 2.24) is 24.7 Å². The molecule has 0 aromatic carbocycles. The Morgan fingerprint density at radius 3 is 2.46 bits per heavy atom. The van der Waals surface area contributed by atoms with E-state index in [4.69, 9.17) is 0 Å². The van der Waals surface area contributed by atoms with Gasteiger partial charge in [-0.05, 0) is 72.0 Å². The van der Waals surface area contributed by atoms with E-state index in [0.717, 1.165) is 67.9 Å². The molecule has 1 aliphatic carbocycles. The highest BCUT2D eigenvalue weighted by atomic mass is 79.9. The third-order valence-electron chi connectivity index (χ3n) is 8.33. The maximum absolute atomic E-state index is 13.2. The second-order valence-electron chi connectivity index (χ2n) is 10.5. The van der Waals surface area contributed by atoms with Gasteiger partial charge in [0.25, 0.3) is 5.91 Å². The molecule has 3 heterocycles. The second kappa shape index (κ2) is 11.1. The molecule has 2 aliphatic heterocycles. The molecular weight excluding hydrogens is 502 g/mol. The van der Waals surface area contributed by atoms with Crippen LogP contribution in [0.15, 0.2) is 40.7 Å². The molecule has 4 rings (SSSR count). The molecule has 35 heavy (non-hydrogen) atoms. The molecule has 0 saturated carbocycles. The minimum Gasteiger partial charge on any atom is -0.338 e. The number of hydrogen-bond acceptors (Lipinski definition) is 5. The lowest BCUT2D eigenvalue weighted by Gasteiger charge is -2.52. The summed E-state index contributed by atoms with van der Waals surface area (Å²) in [4.78, 5) is 29.1. The van der Waals surface area contributed by atoms with Crippen LogP contribution in [0.3, 0.4) is 0 Å². The molecule has 1 aromatic rings. The lowest BCUT2D eigenvalue weighted by Crippen LogP contribution is -2.63. The fourth-order valence-electron chi connectivity index (χ4n) is 6.01. The number of rotatable bonds is 5. The highest BCUT2D eigenvalue weighted by Crippen LogP contribution is 2.34. The van der Waals surface area contributed by atoms with Crippen molar-refractivity contribution in [2.24, 2.45) is 0 Å². The lowest BCUT2D eigenvalue weighted by atomic mass is 9.86. The van der Waals surface area contributed by atoms with Gasteiger partial charge in [0.2, 0.25) is 0 Å². The number of piperidine rings is 1. The van der Waals surface area contributed by atoms with Crippen molar-refractivity contribution in [2.75, 3.05) is 32.7 Å². The molecule has 3 aliphatic rings. The number of amides is 1. The molecule has 1 amide bonds. The number of likely N-dealkylation sites (tertiary alicyclic amines) is 1. The molecular formula is C28H40BrN5O. The number of carbonyl (C=O) groups excluding carboxylic acids is 1. The number of allylic oxidation sites excluding steroid dienone is 4. The van der Waals surface area contributed by atoms with Gasteiger partial charge in [-0.1, -0.05) is 34.2 Å². The molecule has 1 aromatic heterocycles. The van der Waals surface area contributed by atoms with Gasteiger partial charge in [0.05, 0.1) is 17.0 Å². The summed E-state index contributed by atoms with van der Waals surface area (Å²) in [5.41, 5.74) is 3.81. The topological polar surface area (TPSA) is 52.6 Å². The van der Waals surface area contributed by atoms with Gasteiger partial charge in [0.1, 0.15) is 6.33 Å². The number of aryl methyl sites for hydroxylation is 2. The van der Waals surface area contributed by atoms with Gasteiger partial charge in [-0.2, -0.15) is 0 Å². The summed E-state index contributed by atoms with van der Waals surface area (Å²) in [6, 6.07) is 1.03. The molecule has 2 atom stereocenters. The normalized spacial score (nSPS) is 26.4. The van der Waals surface area contributed by atoms with Crippen LogP contribution in [0.1, 0.15) is 68.2 Å². The zero-order chi connectivity index (χ0) is 25.2. The van der Waals surface area contributed by atoms with E-state index in [2.05, 4.69) is 80.8 Å². The van der Waals surface area contributed by atoms with E-state index >= 15 is 0 Å². The number of piperazine rings is 1. The maximum atomic E-state index is 13.2. The number of halogens is 1. The second-order valence-corrected chi connectivity index (χ2v) is 11.5. The van der Waals surface area contributed by atoms with Gasteiger partial charge in [-0.3, -0.25) is 14.6 Å². The highest BCUT2D eigenvalue weighted by Gasteiger charge is 2.41. The van der Waals surface area contributed by atoms with Crippen molar-refractivity contribution >= 4 is 21.8 Å². The summed E-state index contributed by atoms with van der Waals surface area (Å²) in [7, 11) is 0. The van der Waals surface area contributed by atoms with Crippen LogP contribution in [0.4, 0.5) is 0 Å². The minimum absolute atomic E-state index is 0.0824. The van der Waals surface area contributed by atoms with Crippen molar-refractivity contribution in [3.63, 3.8) is 0 Å². The molecule has 0 radical (unpaired) electrons. The van der Waals surface area contributed by atoms with Crippen LogP contribution in [0.2, 0.25) is 0 Å². The molecule has 0 N–H and O–H groups in total. The zero-order valence-corrected chi connectivity index (χ0v) is 23.5. The van der Waals surface area contributed by atoms with Crippen molar-refractivity contribution in [3.8, 4) is 0 Å². The van der Waals surface area contributed by atoms with Crippen LogP contribution >= 0.6 is 15.9 Å². The Labute approximate surface area is 219 Å². The van der Waals surface area contributed by atoms with Gasteiger partial charge in [-0.25, -0.2) is 9.97 Å².